The number of sulfonamides is 1. The summed E-state index contributed by atoms with van der Waals surface area (Å²) in [5, 5.41) is 4.06. The fraction of sp³-hybridized carbons (Fsp3) is 0.222. The molecule has 3 rings (SSSR count). The Balaban J connectivity index is 1.50. The van der Waals surface area contributed by atoms with Crippen molar-refractivity contribution in [3.8, 4) is 0 Å². The maximum Gasteiger partial charge on any atom is 0.212 e. The van der Waals surface area contributed by atoms with Crippen molar-refractivity contribution in [2.24, 2.45) is 0 Å². The van der Waals surface area contributed by atoms with Crippen molar-refractivity contribution in [1.29, 1.82) is 0 Å². The van der Waals surface area contributed by atoms with E-state index in [1.807, 2.05) is 54.6 Å². The highest BCUT2D eigenvalue weighted by molar-refractivity contribution is 7.89. The molecule has 1 aromatic heterocycles. The van der Waals surface area contributed by atoms with Crippen molar-refractivity contribution >= 4 is 10.0 Å². The van der Waals surface area contributed by atoms with Crippen LogP contribution in [0.2, 0.25) is 0 Å². The van der Waals surface area contributed by atoms with Gasteiger partial charge in [-0.05, 0) is 23.1 Å². The number of hydrogen-bond acceptors (Lipinski definition) is 4. The topological polar surface area (TPSA) is 76.9 Å². The number of hydrogen-bond donors (Lipinski definition) is 1. The fourth-order valence-electron chi connectivity index (χ4n) is 2.43. The van der Waals surface area contributed by atoms with Crippen LogP contribution in [-0.2, 0) is 29.5 Å². The Labute approximate surface area is 147 Å². The quantitative estimate of drug-likeness (QED) is 0.670. The van der Waals surface area contributed by atoms with E-state index in [1.165, 1.54) is 6.33 Å². The Bertz CT molecular complexity index is 877. The summed E-state index contributed by atoms with van der Waals surface area (Å²) in [5.74, 6) is 0.0847. The van der Waals surface area contributed by atoms with E-state index < -0.39 is 10.0 Å². The average molecular weight is 356 g/mol. The molecule has 0 radical (unpaired) electrons. The van der Waals surface area contributed by atoms with Gasteiger partial charge in [0.15, 0.2) is 0 Å². The molecule has 0 atom stereocenters. The third-order valence-corrected chi connectivity index (χ3v) is 5.16. The molecule has 0 aliphatic carbocycles. The summed E-state index contributed by atoms with van der Waals surface area (Å²) < 4.78 is 28.6. The van der Waals surface area contributed by atoms with Gasteiger partial charge < -0.3 is 0 Å². The molecule has 0 unspecified atom stereocenters. The smallest absolute Gasteiger partial charge is 0.212 e. The van der Waals surface area contributed by atoms with Gasteiger partial charge in [-0.25, -0.2) is 22.8 Å². The van der Waals surface area contributed by atoms with Gasteiger partial charge in [-0.2, -0.15) is 5.10 Å². The van der Waals surface area contributed by atoms with Gasteiger partial charge in [0.25, 0.3) is 0 Å². The summed E-state index contributed by atoms with van der Waals surface area (Å²) in [5.41, 5.74) is 3.03. The first-order valence-corrected chi connectivity index (χ1v) is 9.67. The van der Waals surface area contributed by atoms with Crippen LogP contribution in [0.15, 0.2) is 67.3 Å². The number of benzene rings is 2. The van der Waals surface area contributed by atoms with E-state index in [4.69, 9.17) is 0 Å². The number of aryl methyl sites for hydroxylation is 1. The van der Waals surface area contributed by atoms with E-state index in [-0.39, 0.29) is 5.75 Å². The maximum absolute atomic E-state index is 12.1. The van der Waals surface area contributed by atoms with Gasteiger partial charge in [0.05, 0.1) is 12.3 Å². The monoisotopic (exact) mass is 356 g/mol. The Morgan fingerprint density at radius 2 is 1.64 bits per heavy atom. The van der Waals surface area contributed by atoms with Gasteiger partial charge in [0, 0.05) is 6.54 Å². The van der Waals surface area contributed by atoms with E-state index in [0.717, 1.165) is 16.7 Å². The number of nitrogens with zero attached hydrogens (tertiary/aromatic N) is 3. The minimum absolute atomic E-state index is 0.0847. The van der Waals surface area contributed by atoms with Crippen molar-refractivity contribution in [2.45, 2.75) is 19.5 Å². The normalized spacial score (nSPS) is 11.5. The zero-order valence-electron chi connectivity index (χ0n) is 13.7. The van der Waals surface area contributed by atoms with E-state index in [9.17, 15) is 8.42 Å². The summed E-state index contributed by atoms with van der Waals surface area (Å²) in [4.78, 5) is 3.91. The van der Waals surface area contributed by atoms with Crippen molar-refractivity contribution in [1.82, 2.24) is 19.5 Å². The lowest BCUT2D eigenvalue weighted by Crippen LogP contribution is -2.26. The minimum Gasteiger partial charge on any atom is -0.249 e. The third kappa shape index (κ3) is 5.51. The number of rotatable bonds is 8. The molecule has 25 heavy (non-hydrogen) atoms. The van der Waals surface area contributed by atoms with Crippen molar-refractivity contribution < 1.29 is 8.42 Å². The fourth-order valence-corrected chi connectivity index (χ4v) is 3.46. The van der Waals surface area contributed by atoms with Crippen LogP contribution in [0, 0.1) is 0 Å². The molecule has 3 aromatic rings. The van der Waals surface area contributed by atoms with Crippen LogP contribution >= 0.6 is 0 Å². The van der Waals surface area contributed by atoms with Crippen molar-refractivity contribution in [3.63, 3.8) is 0 Å². The third-order valence-electron chi connectivity index (χ3n) is 3.83. The van der Waals surface area contributed by atoms with Crippen LogP contribution in [0.4, 0.5) is 0 Å². The molecule has 1 N–H and O–H groups in total. The van der Waals surface area contributed by atoms with Gasteiger partial charge in [0.2, 0.25) is 10.0 Å². The molecule has 0 amide bonds. The summed E-state index contributed by atoms with van der Waals surface area (Å²) in [6, 6.07) is 17.4. The first-order valence-electron chi connectivity index (χ1n) is 8.02. The highest BCUT2D eigenvalue weighted by atomic mass is 32.2. The van der Waals surface area contributed by atoms with Crippen LogP contribution in [0.1, 0.15) is 16.7 Å². The van der Waals surface area contributed by atoms with Gasteiger partial charge in [-0.1, -0.05) is 54.6 Å². The highest BCUT2D eigenvalue weighted by Crippen LogP contribution is 2.07. The lowest BCUT2D eigenvalue weighted by atomic mass is 10.1. The Morgan fingerprint density at radius 1 is 0.920 bits per heavy atom. The molecule has 0 saturated carbocycles. The predicted octanol–water partition coefficient (Wildman–Crippen LogP) is 1.99. The second-order valence-electron chi connectivity index (χ2n) is 5.79. The summed E-state index contributed by atoms with van der Waals surface area (Å²) in [6.07, 6.45) is 3.67. The SMILES string of the molecule is O=S(=O)(CCc1ccccc1)NCc1ccc(Cn2cncn2)cc1. The van der Waals surface area contributed by atoms with Crippen LogP contribution in [0.25, 0.3) is 0 Å². The maximum atomic E-state index is 12.1. The van der Waals surface area contributed by atoms with Gasteiger partial charge in [-0.15, -0.1) is 0 Å². The molecule has 0 spiro atoms. The van der Waals surface area contributed by atoms with Crippen LogP contribution in [0.3, 0.4) is 0 Å². The molecule has 1 heterocycles. The van der Waals surface area contributed by atoms with Crippen LogP contribution in [0.5, 0.6) is 0 Å². The van der Waals surface area contributed by atoms with E-state index in [1.54, 1.807) is 11.0 Å². The summed E-state index contributed by atoms with van der Waals surface area (Å²) in [6.45, 7) is 0.934. The molecule has 0 aliphatic heterocycles. The molecular weight excluding hydrogens is 336 g/mol. The van der Waals surface area contributed by atoms with Gasteiger partial charge in [-0.3, -0.25) is 0 Å². The van der Waals surface area contributed by atoms with Crippen LogP contribution in [-0.4, -0.2) is 28.9 Å². The standard InChI is InChI=1S/C18H20N4O2S/c23-25(24,11-10-16-4-2-1-3-5-16)21-12-17-6-8-18(9-7-17)13-22-15-19-14-20-22/h1-9,14-15,21H,10-13H2. The summed E-state index contributed by atoms with van der Waals surface area (Å²) >= 11 is 0. The second-order valence-corrected chi connectivity index (χ2v) is 7.71. The molecule has 0 bridgehead atoms. The molecule has 7 heteroatoms. The molecule has 6 nitrogen and oxygen atoms in total. The number of nitrogens with one attached hydrogen (secondary N) is 1. The lowest BCUT2D eigenvalue weighted by Gasteiger charge is -2.08. The molecular formula is C18H20N4O2S. The van der Waals surface area contributed by atoms with E-state index in [2.05, 4.69) is 14.8 Å². The van der Waals surface area contributed by atoms with Crippen LogP contribution < -0.4 is 4.72 Å². The summed E-state index contributed by atoms with van der Waals surface area (Å²) in [7, 11) is -3.30. The first-order chi connectivity index (χ1) is 12.1. The molecule has 0 aliphatic rings. The highest BCUT2D eigenvalue weighted by Gasteiger charge is 2.10. The predicted molar refractivity (Wildman–Crippen MR) is 96.3 cm³/mol. The number of aromatic nitrogens is 3. The largest absolute Gasteiger partial charge is 0.249 e. The molecule has 0 saturated heterocycles. The van der Waals surface area contributed by atoms with Crippen molar-refractivity contribution in [2.75, 3.05) is 5.75 Å². The lowest BCUT2D eigenvalue weighted by molar-refractivity contribution is 0.580. The zero-order chi connectivity index (χ0) is 17.5. The van der Waals surface area contributed by atoms with Crippen molar-refractivity contribution in [3.05, 3.63) is 83.9 Å². The Morgan fingerprint density at radius 3 is 2.32 bits per heavy atom. The van der Waals surface area contributed by atoms with E-state index >= 15 is 0 Å². The minimum atomic E-state index is -3.30. The van der Waals surface area contributed by atoms with Gasteiger partial charge in [0.1, 0.15) is 12.7 Å². The zero-order valence-corrected chi connectivity index (χ0v) is 14.6. The molecule has 2 aromatic carbocycles. The first kappa shape index (κ1) is 17.3. The Hall–Kier alpha value is -2.51. The molecule has 0 fully saturated rings. The molecule has 130 valence electrons. The second kappa shape index (κ2) is 8.04. The van der Waals surface area contributed by atoms with E-state index in [0.29, 0.717) is 19.5 Å². The van der Waals surface area contributed by atoms with Gasteiger partial charge >= 0.3 is 0 Å². The average Bonchev–Trinajstić information content (AvgIpc) is 3.14. The Kier molecular flexibility index (Phi) is 5.57.